The third-order valence-electron chi connectivity index (χ3n) is 3.84. The van der Waals surface area contributed by atoms with E-state index in [0.717, 1.165) is 11.6 Å². The van der Waals surface area contributed by atoms with Crippen molar-refractivity contribution < 1.29 is 0 Å². The largest absolute Gasteiger partial charge is 0.330 e. The maximum Gasteiger partial charge on any atom is 0.0443 e. The minimum absolute atomic E-state index is 0.243. The fourth-order valence-electron chi connectivity index (χ4n) is 2.83. The molecule has 1 aromatic carbocycles. The van der Waals surface area contributed by atoms with Crippen LogP contribution in [-0.2, 0) is 5.41 Å². The summed E-state index contributed by atoms with van der Waals surface area (Å²) in [6.45, 7) is 5.29. The molecule has 0 amide bonds. The average molecular weight is 224 g/mol. The van der Waals surface area contributed by atoms with Crippen LogP contribution in [0.4, 0.5) is 0 Å². The van der Waals surface area contributed by atoms with Crippen molar-refractivity contribution in [2.24, 2.45) is 17.6 Å². The van der Waals surface area contributed by atoms with E-state index in [1.54, 1.807) is 0 Å². The van der Waals surface area contributed by atoms with Gasteiger partial charge in [0, 0.05) is 10.4 Å². The fourth-order valence-corrected chi connectivity index (χ4v) is 3.14. The molecule has 82 valence electrons. The Labute approximate surface area is 96.6 Å². The first-order chi connectivity index (χ1) is 7.13. The Balaban J connectivity index is 2.40. The summed E-state index contributed by atoms with van der Waals surface area (Å²) in [5, 5.41) is 0.891. The van der Waals surface area contributed by atoms with Crippen LogP contribution in [0.3, 0.4) is 0 Å². The summed E-state index contributed by atoms with van der Waals surface area (Å²) in [6.07, 6.45) is 1.19. The van der Waals surface area contributed by atoms with Crippen molar-refractivity contribution in [3.63, 3.8) is 0 Å². The van der Waals surface area contributed by atoms with E-state index in [9.17, 15) is 0 Å². The molecule has 1 aromatic rings. The van der Waals surface area contributed by atoms with Gasteiger partial charge in [0.15, 0.2) is 0 Å². The number of hydrogen-bond acceptors (Lipinski definition) is 1. The molecular formula is C13H18ClN. The Morgan fingerprint density at radius 2 is 2.13 bits per heavy atom. The first-order valence-corrected chi connectivity index (χ1v) is 5.95. The van der Waals surface area contributed by atoms with Gasteiger partial charge in [-0.2, -0.15) is 0 Å². The molecule has 2 rings (SSSR count). The zero-order chi connectivity index (χ0) is 11.1. The molecule has 1 saturated carbocycles. The number of rotatable bonds is 3. The predicted octanol–water partition coefficient (Wildman–Crippen LogP) is 3.21. The molecule has 2 atom stereocenters. The van der Waals surface area contributed by atoms with Gasteiger partial charge in [0.25, 0.3) is 0 Å². The van der Waals surface area contributed by atoms with Gasteiger partial charge < -0.3 is 5.73 Å². The SMILES string of the molecule is CC(C)C1(c2ccccc2Cl)C[C@H]1CN. The van der Waals surface area contributed by atoms with Crippen LogP contribution in [0.15, 0.2) is 24.3 Å². The molecule has 0 heterocycles. The molecular weight excluding hydrogens is 206 g/mol. The molecule has 1 nitrogen and oxygen atoms in total. The maximum absolute atomic E-state index is 6.27. The summed E-state index contributed by atoms with van der Waals surface area (Å²) in [6, 6.07) is 8.18. The molecule has 0 saturated heterocycles. The Bertz CT molecular complexity index is 361. The Morgan fingerprint density at radius 3 is 2.60 bits per heavy atom. The minimum atomic E-state index is 0.243. The zero-order valence-corrected chi connectivity index (χ0v) is 10.1. The molecule has 15 heavy (non-hydrogen) atoms. The van der Waals surface area contributed by atoms with Gasteiger partial charge in [-0.3, -0.25) is 0 Å². The predicted molar refractivity (Wildman–Crippen MR) is 65.1 cm³/mol. The van der Waals surface area contributed by atoms with Crippen LogP contribution in [-0.4, -0.2) is 6.54 Å². The maximum atomic E-state index is 6.27. The molecule has 0 spiro atoms. The van der Waals surface area contributed by atoms with Crippen molar-refractivity contribution >= 4 is 11.6 Å². The van der Waals surface area contributed by atoms with E-state index in [1.165, 1.54) is 12.0 Å². The lowest BCUT2D eigenvalue weighted by molar-refractivity contribution is 0.442. The summed E-state index contributed by atoms with van der Waals surface area (Å²) in [7, 11) is 0. The molecule has 0 aliphatic heterocycles. The third-order valence-corrected chi connectivity index (χ3v) is 4.17. The van der Waals surface area contributed by atoms with E-state index in [2.05, 4.69) is 26.0 Å². The first-order valence-electron chi connectivity index (χ1n) is 5.58. The normalized spacial score (nSPS) is 29.5. The van der Waals surface area contributed by atoms with E-state index in [-0.39, 0.29) is 5.41 Å². The Hall–Kier alpha value is -0.530. The molecule has 0 radical (unpaired) electrons. The molecule has 2 N–H and O–H groups in total. The highest BCUT2D eigenvalue weighted by Gasteiger charge is 2.56. The van der Waals surface area contributed by atoms with Gasteiger partial charge in [0.1, 0.15) is 0 Å². The van der Waals surface area contributed by atoms with Gasteiger partial charge in [0.05, 0.1) is 0 Å². The van der Waals surface area contributed by atoms with Crippen LogP contribution in [0, 0.1) is 11.8 Å². The second-order valence-corrected chi connectivity index (χ2v) is 5.22. The zero-order valence-electron chi connectivity index (χ0n) is 9.33. The highest BCUT2D eigenvalue weighted by Crippen LogP contribution is 2.59. The summed E-state index contributed by atoms with van der Waals surface area (Å²) < 4.78 is 0. The molecule has 2 heteroatoms. The second-order valence-electron chi connectivity index (χ2n) is 4.81. The van der Waals surface area contributed by atoms with Crippen molar-refractivity contribution in [1.29, 1.82) is 0 Å². The van der Waals surface area contributed by atoms with E-state index in [0.29, 0.717) is 11.8 Å². The number of halogens is 1. The molecule has 1 aliphatic rings. The smallest absolute Gasteiger partial charge is 0.0443 e. The lowest BCUT2D eigenvalue weighted by Crippen LogP contribution is -2.21. The van der Waals surface area contributed by atoms with Crippen LogP contribution in [0.25, 0.3) is 0 Å². The van der Waals surface area contributed by atoms with E-state index in [4.69, 9.17) is 17.3 Å². The van der Waals surface area contributed by atoms with Gasteiger partial charge in [-0.05, 0) is 36.4 Å². The van der Waals surface area contributed by atoms with Crippen LogP contribution >= 0.6 is 11.6 Å². The van der Waals surface area contributed by atoms with Crippen molar-refractivity contribution in [2.45, 2.75) is 25.7 Å². The van der Waals surface area contributed by atoms with Gasteiger partial charge in [-0.15, -0.1) is 0 Å². The topological polar surface area (TPSA) is 26.0 Å². The number of hydrogen-bond donors (Lipinski definition) is 1. The summed E-state index contributed by atoms with van der Waals surface area (Å²) in [4.78, 5) is 0. The highest BCUT2D eigenvalue weighted by molar-refractivity contribution is 6.31. The molecule has 0 bridgehead atoms. The van der Waals surface area contributed by atoms with Crippen LogP contribution < -0.4 is 5.73 Å². The first kappa shape index (κ1) is 11.0. The lowest BCUT2D eigenvalue weighted by Gasteiger charge is -2.23. The van der Waals surface area contributed by atoms with Gasteiger partial charge in [-0.1, -0.05) is 43.6 Å². The van der Waals surface area contributed by atoms with Crippen LogP contribution in [0.2, 0.25) is 5.02 Å². The molecule has 1 fully saturated rings. The Kier molecular flexibility index (Phi) is 2.78. The standard InChI is InChI=1S/C13H18ClN/c1-9(2)13(7-10(13)8-15)11-5-3-4-6-12(11)14/h3-6,9-10H,7-8,15H2,1-2H3/t10-,13?/m0/s1. The van der Waals surface area contributed by atoms with E-state index >= 15 is 0 Å². The summed E-state index contributed by atoms with van der Waals surface area (Å²) in [5.41, 5.74) is 7.32. The number of nitrogens with two attached hydrogens (primary N) is 1. The molecule has 0 aromatic heterocycles. The van der Waals surface area contributed by atoms with Gasteiger partial charge >= 0.3 is 0 Å². The molecule has 1 aliphatic carbocycles. The second kappa shape index (κ2) is 3.80. The van der Waals surface area contributed by atoms with Crippen molar-refractivity contribution in [3.05, 3.63) is 34.9 Å². The van der Waals surface area contributed by atoms with E-state index < -0.39 is 0 Å². The fraction of sp³-hybridized carbons (Fsp3) is 0.538. The quantitative estimate of drug-likeness (QED) is 0.837. The van der Waals surface area contributed by atoms with Crippen molar-refractivity contribution in [2.75, 3.05) is 6.54 Å². The lowest BCUT2D eigenvalue weighted by atomic mass is 9.82. The van der Waals surface area contributed by atoms with E-state index in [1.807, 2.05) is 12.1 Å². The van der Waals surface area contributed by atoms with Crippen LogP contribution in [0.5, 0.6) is 0 Å². The van der Waals surface area contributed by atoms with Crippen molar-refractivity contribution in [1.82, 2.24) is 0 Å². The highest BCUT2D eigenvalue weighted by atomic mass is 35.5. The Morgan fingerprint density at radius 1 is 1.47 bits per heavy atom. The van der Waals surface area contributed by atoms with Crippen molar-refractivity contribution in [3.8, 4) is 0 Å². The van der Waals surface area contributed by atoms with Gasteiger partial charge in [-0.25, -0.2) is 0 Å². The minimum Gasteiger partial charge on any atom is -0.330 e. The number of benzene rings is 1. The monoisotopic (exact) mass is 223 g/mol. The summed E-state index contributed by atoms with van der Waals surface area (Å²) >= 11 is 6.27. The molecule has 1 unspecified atom stereocenters. The third kappa shape index (κ3) is 1.58. The van der Waals surface area contributed by atoms with Gasteiger partial charge in [0.2, 0.25) is 0 Å². The summed E-state index contributed by atoms with van der Waals surface area (Å²) in [5.74, 6) is 1.21. The van der Waals surface area contributed by atoms with Crippen LogP contribution in [0.1, 0.15) is 25.8 Å². The average Bonchev–Trinajstić information content (AvgIpc) is 2.94.